The minimum atomic E-state index is 0.932. The van der Waals surface area contributed by atoms with Gasteiger partial charge in [0.2, 0.25) is 0 Å². The van der Waals surface area contributed by atoms with Crippen molar-refractivity contribution < 1.29 is 0 Å². The van der Waals surface area contributed by atoms with E-state index in [9.17, 15) is 0 Å². The average Bonchev–Trinajstić information content (AvgIpc) is 3.79. The van der Waals surface area contributed by atoms with Gasteiger partial charge in [-0.2, -0.15) is 0 Å². The molecule has 4 heteroatoms. The lowest BCUT2D eigenvalue weighted by atomic mass is 9.99. The molecule has 0 N–H and O–H groups in total. The predicted octanol–water partition coefficient (Wildman–Crippen LogP) is 13.3. The number of nitrogens with zero attached hydrogens (tertiary/aromatic N) is 4. The number of hydrogen-bond acceptors (Lipinski definition) is 2. The molecule has 0 radical (unpaired) electrons. The molecule has 11 aromatic rings. The molecule has 0 spiro atoms. The first-order valence-corrected chi connectivity index (χ1v) is 19.0. The Morgan fingerprint density at radius 2 is 0.875 bits per heavy atom. The van der Waals surface area contributed by atoms with E-state index in [2.05, 4.69) is 191 Å². The van der Waals surface area contributed by atoms with Gasteiger partial charge in [-0.3, -0.25) is 4.57 Å². The lowest BCUT2D eigenvalue weighted by molar-refractivity contribution is 1.14. The molecule has 4 nitrogen and oxygen atoms in total. The predicted molar refractivity (Wildman–Crippen MR) is 232 cm³/mol. The van der Waals surface area contributed by atoms with Crippen LogP contribution in [0.5, 0.6) is 0 Å². The third-order valence-corrected chi connectivity index (χ3v) is 10.9. The van der Waals surface area contributed by atoms with Crippen molar-refractivity contribution in [3.8, 4) is 56.1 Å². The summed E-state index contributed by atoms with van der Waals surface area (Å²) in [6.07, 6.45) is 1.89. The van der Waals surface area contributed by atoms with Crippen molar-refractivity contribution in [2.75, 3.05) is 0 Å². The smallest absolute Gasteiger partial charge is 0.145 e. The monoisotopic (exact) mass is 714 g/mol. The van der Waals surface area contributed by atoms with Gasteiger partial charge in [-0.15, -0.1) is 0 Å². The third kappa shape index (κ3) is 5.31. The second kappa shape index (κ2) is 13.1. The molecule has 0 atom stereocenters. The number of fused-ring (bicyclic) bond motifs is 6. The van der Waals surface area contributed by atoms with Crippen molar-refractivity contribution >= 4 is 43.7 Å². The van der Waals surface area contributed by atoms with Gasteiger partial charge in [-0.1, -0.05) is 127 Å². The average molecular weight is 715 g/mol. The van der Waals surface area contributed by atoms with Crippen molar-refractivity contribution in [2.45, 2.75) is 0 Å². The van der Waals surface area contributed by atoms with E-state index in [0.717, 1.165) is 61.6 Å². The van der Waals surface area contributed by atoms with Crippen LogP contribution in [0.25, 0.3) is 99.9 Å². The van der Waals surface area contributed by atoms with E-state index in [4.69, 9.17) is 9.97 Å². The highest BCUT2D eigenvalue weighted by Crippen LogP contribution is 2.39. The summed E-state index contributed by atoms with van der Waals surface area (Å²) in [5.41, 5.74) is 15.3. The van der Waals surface area contributed by atoms with Crippen LogP contribution < -0.4 is 0 Å². The highest BCUT2D eigenvalue weighted by atomic mass is 15.0. The van der Waals surface area contributed by atoms with E-state index in [1.807, 2.05) is 24.4 Å². The first-order chi connectivity index (χ1) is 27.8. The van der Waals surface area contributed by atoms with Crippen LogP contribution in [0.2, 0.25) is 0 Å². The minimum Gasteiger partial charge on any atom is -0.309 e. The van der Waals surface area contributed by atoms with E-state index in [1.165, 1.54) is 38.3 Å². The quantitative estimate of drug-likeness (QED) is 0.172. The maximum absolute atomic E-state index is 5.12. The maximum atomic E-state index is 5.12. The Hall–Kier alpha value is -7.56. The van der Waals surface area contributed by atoms with E-state index >= 15 is 0 Å². The van der Waals surface area contributed by atoms with E-state index in [1.54, 1.807) is 0 Å². The maximum Gasteiger partial charge on any atom is 0.145 e. The molecule has 0 aliphatic heterocycles. The van der Waals surface area contributed by atoms with E-state index < -0.39 is 0 Å². The van der Waals surface area contributed by atoms with Crippen LogP contribution in [-0.4, -0.2) is 19.1 Å². The fourth-order valence-corrected chi connectivity index (χ4v) is 8.33. The molecular weight excluding hydrogens is 681 g/mol. The SMILES string of the molecule is c1ccc(-c2cc(-c3cccc(-n4c5ccc(-c6ccc7c8ccccc8n(-c8ccccc8)c7c6)cc5c5cccnc54)c3)cc(-c3ccccc3)n2)cc1. The summed E-state index contributed by atoms with van der Waals surface area (Å²) < 4.78 is 4.68. The van der Waals surface area contributed by atoms with Gasteiger partial charge in [0.15, 0.2) is 0 Å². The van der Waals surface area contributed by atoms with Crippen LogP contribution in [0.4, 0.5) is 0 Å². The summed E-state index contributed by atoms with van der Waals surface area (Å²) in [6, 6.07) is 71.3. The number of benzene rings is 7. The van der Waals surface area contributed by atoms with Crippen molar-refractivity contribution in [2.24, 2.45) is 0 Å². The first kappa shape index (κ1) is 31.9. The van der Waals surface area contributed by atoms with Crippen LogP contribution >= 0.6 is 0 Å². The second-order valence-corrected chi connectivity index (χ2v) is 14.3. The molecule has 262 valence electrons. The minimum absolute atomic E-state index is 0.932. The molecule has 0 fully saturated rings. The van der Waals surface area contributed by atoms with Gasteiger partial charge < -0.3 is 4.57 Å². The highest BCUT2D eigenvalue weighted by Gasteiger charge is 2.17. The number of rotatable bonds is 6. The zero-order valence-corrected chi connectivity index (χ0v) is 30.4. The number of para-hydroxylation sites is 2. The lowest BCUT2D eigenvalue weighted by Crippen LogP contribution is -1.96. The van der Waals surface area contributed by atoms with E-state index in [0.29, 0.717) is 0 Å². The Morgan fingerprint density at radius 3 is 1.64 bits per heavy atom. The summed E-state index contributed by atoms with van der Waals surface area (Å²) >= 11 is 0. The van der Waals surface area contributed by atoms with Crippen LogP contribution in [0.15, 0.2) is 206 Å². The summed E-state index contributed by atoms with van der Waals surface area (Å²) in [6.45, 7) is 0. The molecule has 11 rings (SSSR count). The number of hydrogen-bond donors (Lipinski definition) is 0. The van der Waals surface area contributed by atoms with Crippen molar-refractivity contribution in [1.29, 1.82) is 0 Å². The molecule has 4 aromatic heterocycles. The van der Waals surface area contributed by atoms with Crippen LogP contribution in [0, 0.1) is 0 Å². The molecule has 4 heterocycles. The molecule has 7 aromatic carbocycles. The summed E-state index contributed by atoms with van der Waals surface area (Å²) in [7, 11) is 0. The molecule has 0 saturated carbocycles. The normalized spacial score (nSPS) is 11.6. The fourth-order valence-electron chi connectivity index (χ4n) is 8.33. The van der Waals surface area contributed by atoms with Gasteiger partial charge in [0.25, 0.3) is 0 Å². The van der Waals surface area contributed by atoms with Crippen molar-refractivity contribution in [1.82, 2.24) is 19.1 Å². The molecule has 0 aliphatic rings. The summed E-state index contributed by atoms with van der Waals surface area (Å²) in [4.78, 5) is 10.1. The molecule has 0 amide bonds. The molecule has 0 saturated heterocycles. The second-order valence-electron chi connectivity index (χ2n) is 14.3. The number of pyridine rings is 2. The topological polar surface area (TPSA) is 35.6 Å². The molecule has 0 aliphatic carbocycles. The van der Waals surface area contributed by atoms with Gasteiger partial charge in [0, 0.05) is 50.2 Å². The van der Waals surface area contributed by atoms with Crippen molar-refractivity contribution in [3.05, 3.63) is 206 Å². The van der Waals surface area contributed by atoms with Gasteiger partial charge in [-0.05, 0) is 95.1 Å². The van der Waals surface area contributed by atoms with Gasteiger partial charge in [-0.25, -0.2) is 9.97 Å². The van der Waals surface area contributed by atoms with Gasteiger partial charge in [0.05, 0.1) is 27.9 Å². The largest absolute Gasteiger partial charge is 0.309 e. The summed E-state index contributed by atoms with van der Waals surface area (Å²) in [5.74, 6) is 0. The molecular formula is C52H34N4. The van der Waals surface area contributed by atoms with Crippen molar-refractivity contribution in [3.63, 3.8) is 0 Å². The Morgan fingerprint density at radius 1 is 0.304 bits per heavy atom. The van der Waals surface area contributed by atoms with Crippen LogP contribution in [-0.2, 0) is 0 Å². The molecule has 0 unspecified atom stereocenters. The third-order valence-electron chi connectivity index (χ3n) is 10.9. The fraction of sp³-hybridized carbons (Fsp3) is 0. The standard InChI is InChI=1S/C52H34N4/c1-4-14-35(15-5-1)47-32-40(33-48(54-47)36-16-6-2-7-17-36)37-18-12-21-42(30-37)56-50-28-26-38(31-46(50)45-23-13-29-53-52(45)56)39-25-27-44-43-22-10-11-24-49(43)55(51(44)34-39)41-19-8-3-9-20-41/h1-34H. The summed E-state index contributed by atoms with van der Waals surface area (Å²) in [5, 5.41) is 4.79. The zero-order valence-electron chi connectivity index (χ0n) is 30.4. The zero-order chi connectivity index (χ0) is 37.0. The van der Waals surface area contributed by atoms with Crippen LogP contribution in [0.3, 0.4) is 0 Å². The Labute approximate surface area is 324 Å². The van der Waals surface area contributed by atoms with Crippen LogP contribution in [0.1, 0.15) is 0 Å². The Kier molecular flexibility index (Phi) is 7.46. The van der Waals surface area contributed by atoms with Gasteiger partial charge >= 0.3 is 0 Å². The van der Waals surface area contributed by atoms with E-state index in [-0.39, 0.29) is 0 Å². The lowest BCUT2D eigenvalue weighted by Gasteiger charge is -2.13. The van der Waals surface area contributed by atoms with Gasteiger partial charge in [0.1, 0.15) is 5.65 Å². The first-order valence-electron chi connectivity index (χ1n) is 19.0. The molecule has 56 heavy (non-hydrogen) atoms. The number of aromatic nitrogens is 4. The highest BCUT2D eigenvalue weighted by molar-refractivity contribution is 6.12. The Bertz CT molecular complexity index is 3170. The Balaban J connectivity index is 1.06. The molecule has 0 bridgehead atoms.